The van der Waals surface area contributed by atoms with Crippen molar-refractivity contribution in [2.45, 2.75) is 32.4 Å². The van der Waals surface area contributed by atoms with E-state index >= 15 is 0 Å². The van der Waals surface area contributed by atoms with E-state index in [1.54, 1.807) is 0 Å². The minimum Gasteiger partial charge on any atom is -0.322 e. The summed E-state index contributed by atoms with van der Waals surface area (Å²) >= 11 is 11.6. The van der Waals surface area contributed by atoms with E-state index < -0.39 is 47.0 Å². The lowest BCUT2D eigenvalue weighted by molar-refractivity contribution is -0.119. The molecule has 0 saturated heterocycles. The number of benzene rings is 1. The Balaban J connectivity index is 1.76. The molecule has 13 heteroatoms. The molecule has 31 heavy (non-hydrogen) atoms. The molecule has 166 valence electrons. The second-order valence-corrected chi connectivity index (χ2v) is 7.24. The summed E-state index contributed by atoms with van der Waals surface area (Å²) in [4.78, 5) is 12.5. The summed E-state index contributed by atoms with van der Waals surface area (Å²) in [6.07, 6.45) is -3.68. The van der Waals surface area contributed by atoms with Crippen molar-refractivity contribution in [3.8, 4) is 0 Å². The Labute approximate surface area is 182 Å². The molecule has 0 fully saturated rings. The van der Waals surface area contributed by atoms with Crippen molar-refractivity contribution in [3.05, 3.63) is 63.4 Å². The average molecular weight is 482 g/mol. The van der Waals surface area contributed by atoms with Crippen LogP contribution in [0.2, 0.25) is 10.0 Å². The number of nitrogens with zero attached hydrogens (tertiary/aromatic N) is 4. The lowest BCUT2D eigenvalue weighted by Crippen LogP contribution is -2.26. The van der Waals surface area contributed by atoms with Crippen LogP contribution in [0.25, 0.3) is 0 Å². The molecule has 0 spiro atoms. The van der Waals surface area contributed by atoms with Crippen LogP contribution in [-0.2, 0) is 11.3 Å². The van der Waals surface area contributed by atoms with E-state index in [1.807, 2.05) is 0 Å². The van der Waals surface area contributed by atoms with Gasteiger partial charge >= 0.3 is 0 Å². The molecule has 1 aromatic carbocycles. The number of rotatable bonds is 7. The Hall–Kier alpha value is -2.66. The third kappa shape index (κ3) is 4.99. The maximum absolute atomic E-state index is 13.3. The minimum absolute atomic E-state index is 0.173. The first kappa shape index (κ1) is 23.0. The summed E-state index contributed by atoms with van der Waals surface area (Å²) in [6.45, 7) is 1.38. The van der Waals surface area contributed by atoms with Gasteiger partial charge in [0.25, 0.3) is 12.9 Å². The van der Waals surface area contributed by atoms with Crippen LogP contribution in [0, 0.1) is 5.82 Å². The number of amides is 1. The molecule has 6 nitrogen and oxygen atoms in total. The van der Waals surface area contributed by atoms with Gasteiger partial charge in [-0.15, -0.1) is 0 Å². The molecule has 1 amide bonds. The quantitative estimate of drug-likeness (QED) is 0.443. The van der Waals surface area contributed by atoms with E-state index in [4.69, 9.17) is 23.2 Å². The fraction of sp³-hybridized carbons (Fsp3) is 0.278. The smallest absolute Gasteiger partial charge is 0.283 e. The van der Waals surface area contributed by atoms with Crippen molar-refractivity contribution >= 4 is 34.8 Å². The molecule has 1 unspecified atom stereocenters. The fourth-order valence-electron chi connectivity index (χ4n) is 2.77. The third-order valence-electron chi connectivity index (χ3n) is 4.32. The van der Waals surface area contributed by atoms with Crippen LogP contribution in [0.1, 0.15) is 42.8 Å². The van der Waals surface area contributed by atoms with Crippen molar-refractivity contribution in [3.63, 3.8) is 0 Å². The Morgan fingerprint density at radius 2 is 1.90 bits per heavy atom. The van der Waals surface area contributed by atoms with Crippen molar-refractivity contribution in [1.82, 2.24) is 19.6 Å². The van der Waals surface area contributed by atoms with E-state index in [0.717, 1.165) is 6.07 Å². The number of hydrogen-bond donors (Lipinski definition) is 1. The molecule has 3 rings (SSSR count). The van der Waals surface area contributed by atoms with Crippen LogP contribution >= 0.6 is 23.2 Å². The lowest BCUT2D eigenvalue weighted by atomic mass is 10.2. The van der Waals surface area contributed by atoms with Crippen molar-refractivity contribution in [2.24, 2.45) is 0 Å². The number of carbonyl (C=O) groups excluding carboxylic acids is 1. The highest BCUT2D eigenvalue weighted by molar-refractivity contribution is 6.32. The van der Waals surface area contributed by atoms with Crippen LogP contribution < -0.4 is 5.32 Å². The second kappa shape index (κ2) is 9.23. The number of halogens is 7. The largest absolute Gasteiger partial charge is 0.322 e. The van der Waals surface area contributed by atoms with Crippen LogP contribution in [0.15, 0.2) is 30.6 Å². The van der Waals surface area contributed by atoms with Crippen molar-refractivity contribution in [2.75, 3.05) is 5.32 Å². The van der Waals surface area contributed by atoms with Crippen LogP contribution in [0.4, 0.5) is 27.6 Å². The van der Waals surface area contributed by atoms with Gasteiger partial charge in [-0.05, 0) is 24.6 Å². The molecular weight excluding hydrogens is 468 g/mol. The van der Waals surface area contributed by atoms with E-state index in [-0.39, 0.29) is 17.3 Å². The lowest BCUT2D eigenvalue weighted by Gasteiger charge is -2.15. The van der Waals surface area contributed by atoms with Crippen molar-refractivity contribution in [1.29, 1.82) is 0 Å². The first-order valence-electron chi connectivity index (χ1n) is 8.69. The fourth-order valence-corrected chi connectivity index (χ4v) is 3.29. The maximum Gasteiger partial charge on any atom is 0.283 e. The second-order valence-electron chi connectivity index (χ2n) is 6.46. The van der Waals surface area contributed by atoms with Gasteiger partial charge in [0, 0.05) is 11.2 Å². The number of carbonyl (C=O) groups is 1. The SMILES string of the molecule is CC(C(=O)Nc1cnn(Cc2ccc(F)cc2Cl)c1)n1nc(C(F)F)c(Cl)c1C(F)F. The summed E-state index contributed by atoms with van der Waals surface area (Å²) < 4.78 is 67.6. The summed E-state index contributed by atoms with van der Waals surface area (Å²) in [6, 6.07) is 2.49. The van der Waals surface area contributed by atoms with Gasteiger partial charge in [-0.2, -0.15) is 10.2 Å². The topological polar surface area (TPSA) is 64.7 Å². The average Bonchev–Trinajstić information content (AvgIpc) is 3.27. The summed E-state index contributed by atoms with van der Waals surface area (Å²) in [5.41, 5.74) is -1.22. The molecular formula is C18H14Cl2F5N5O. The molecule has 2 heterocycles. The van der Waals surface area contributed by atoms with Gasteiger partial charge in [-0.1, -0.05) is 29.3 Å². The van der Waals surface area contributed by atoms with Gasteiger partial charge in [0.05, 0.1) is 23.5 Å². The van der Waals surface area contributed by atoms with Crippen LogP contribution in [0.3, 0.4) is 0 Å². The van der Waals surface area contributed by atoms with Gasteiger partial charge < -0.3 is 5.32 Å². The molecule has 0 saturated carbocycles. The standard InChI is InChI=1S/C18H14Cl2F5N5O/c1-8(30-15(17(24)25)13(20)14(28-30)16(22)23)18(31)27-11-5-26-29(7-11)6-9-2-3-10(21)4-12(9)19/h2-5,7-8,16-17H,6H2,1H3,(H,27,31). The molecule has 2 aromatic heterocycles. The van der Waals surface area contributed by atoms with Gasteiger partial charge in [0.2, 0.25) is 5.91 Å². The molecule has 0 aliphatic carbocycles. The maximum atomic E-state index is 13.3. The normalized spacial score (nSPS) is 12.6. The monoisotopic (exact) mass is 481 g/mol. The molecule has 0 aliphatic heterocycles. The Morgan fingerprint density at radius 1 is 1.19 bits per heavy atom. The highest BCUT2D eigenvalue weighted by Gasteiger charge is 2.32. The van der Waals surface area contributed by atoms with E-state index in [1.165, 1.54) is 36.1 Å². The predicted octanol–water partition coefficient (Wildman–Crippen LogP) is 5.65. The Morgan fingerprint density at radius 3 is 2.52 bits per heavy atom. The highest BCUT2D eigenvalue weighted by Crippen LogP contribution is 2.36. The zero-order valence-electron chi connectivity index (χ0n) is 15.7. The highest BCUT2D eigenvalue weighted by atomic mass is 35.5. The van der Waals surface area contributed by atoms with Crippen molar-refractivity contribution < 1.29 is 26.7 Å². The van der Waals surface area contributed by atoms with E-state index in [2.05, 4.69) is 15.5 Å². The third-order valence-corrected chi connectivity index (χ3v) is 5.06. The predicted molar refractivity (Wildman–Crippen MR) is 103 cm³/mol. The number of alkyl halides is 4. The molecule has 1 N–H and O–H groups in total. The molecule has 3 aromatic rings. The minimum atomic E-state index is -3.22. The van der Waals surface area contributed by atoms with E-state index in [0.29, 0.717) is 10.2 Å². The van der Waals surface area contributed by atoms with Gasteiger partial charge in [0.1, 0.15) is 23.2 Å². The first-order valence-corrected chi connectivity index (χ1v) is 9.45. The molecule has 0 radical (unpaired) electrons. The first-order chi connectivity index (χ1) is 14.6. The van der Waals surface area contributed by atoms with Crippen LogP contribution in [-0.4, -0.2) is 25.5 Å². The summed E-state index contributed by atoms with van der Waals surface area (Å²) in [5, 5.41) is 9.19. The zero-order valence-corrected chi connectivity index (χ0v) is 17.2. The van der Waals surface area contributed by atoms with E-state index in [9.17, 15) is 26.7 Å². The number of hydrogen-bond acceptors (Lipinski definition) is 3. The zero-order chi connectivity index (χ0) is 22.9. The molecule has 1 atom stereocenters. The summed E-state index contributed by atoms with van der Waals surface area (Å²) in [5.74, 6) is -1.30. The number of anilines is 1. The number of nitrogens with one attached hydrogen (secondary N) is 1. The Kier molecular flexibility index (Phi) is 6.85. The summed E-state index contributed by atoms with van der Waals surface area (Å²) in [7, 11) is 0. The molecule has 0 bridgehead atoms. The molecule has 0 aliphatic rings. The van der Waals surface area contributed by atoms with Gasteiger partial charge in [-0.25, -0.2) is 26.6 Å². The van der Waals surface area contributed by atoms with Crippen LogP contribution in [0.5, 0.6) is 0 Å². The van der Waals surface area contributed by atoms with Gasteiger partial charge in [-0.3, -0.25) is 9.48 Å². The Bertz CT molecular complexity index is 1100. The number of aromatic nitrogens is 4. The van der Waals surface area contributed by atoms with Gasteiger partial charge in [0.15, 0.2) is 0 Å².